The third-order valence-corrected chi connectivity index (χ3v) is 10.3. The van der Waals surface area contributed by atoms with Gasteiger partial charge in [0.2, 0.25) is 11.8 Å². The molecule has 53 heavy (non-hydrogen) atoms. The van der Waals surface area contributed by atoms with E-state index in [1.54, 1.807) is 32.6 Å². The summed E-state index contributed by atoms with van der Waals surface area (Å²) in [6.07, 6.45) is 3.89. The molecule has 3 heterocycles. The van der Waals surface area contributed by atoms with Gasteiger partial charge in [-0.25, -0.2) is 14.4 Å². The number of esters is 1. The molecule has 1 aliphatic carbocycles. The highest BCUT2D eigenvalue weighted by molar-refractivity contribution is 5.96. The van der Waals surface area contributed by atoms with Crippen LogP contribution in [0.4, 0.5) is 9.59 Å². The second-order valence-electron chi connectivity index (χ2n) is 16.1. The van der Waals surface area contributed by atoms with E-state index >= 15 is 0 Å². The highest BCUT2D eigenvalue weighted by Gasteiger charge is 2.62. The number of rotatable bonds is 9. The van der Waals surface area contributed by atoms with Crippen molar-refractivity contribution in [3.05, 3.63) is 29.3 Å². The molecule has 3 aliphatic heterocycles. The number of ether oxygens (including phenoxy) is 4. The van der Waals surface area contributed by atoms with Gasteiger partial charge in [-0.15, -0.1) is 0 Å². The Hall–Kier alpha value is -4.07. The smallest absolute Gasteiger partial charge is 0.410 e. The maximum Gasteiger partial charge on any atom is 0.410 e. The summed E-state index contributed by atoms with van der Waals surface area (Å²) in [6.45, 7) is 13.2. The van der Waals surface area contributed by atoms with Crippen molar-refractivity contribution in [2.45, 2.75) is 148 Å². The quantitative estimate of drug-likeness (QED) is 0.186. The van der Waals surface area contributed by atoms with Gasteiger partial charge in [-0.2, -0.15) is 0 Å². The van der Waals surface area contributed by atoms with E-state index in [0.29, 0.717) is 45.0 Å². The summed E-state index contributed by atoms with van der Waals surface area (Å²) in [5.41, 5.74) is 0.0192. The Morgan fingerprint density at radius 3 is 2.45 bits per heavy atom. The minimum Gasteiger partial charge on any atom is -0.492 e. The predicted octanol–water partition coefficient (Wildman–Crippen LogP) is 4.56. The van der Waals surface area contributed by atoms with E-state index in [1.807, 2.05) is 18.2 Å². The Balaban J connectivity index is 1.31. The third kappa shape index (κ3) is 10.5. The largest absolute Gasteiger partial charge is 0.492 e. The molecule has 1 unspecified atom stereocenters. The van der Waals surface area contributed by atoms with Gasteiger partial charge in [0.25, 0.3) is 0 Å². The van der Waals surface area contributed by atoms with Crippen molar-refractivity contribution < 1.29 is 42.9 Å². The van der Waals surface area contributed by atoms with Gasteiger partial charge in [-0.3, -0.25) is 14.5 Å². The first-order valence-corrected chi connectivity index (χ1v) is 19.4. The van der Waals surface area contributed by atoms with Crippen LogP contribution in [-0.4, -0.2) is 101 Å². The maximum atomic E-state index is 14.3. The predicted molar refractivity (Wildman–Crippen MR) is 196 cm³/mol. The topological polar surface area (TPSA) is 165 Å². The molecule has 2 saturated heterocycles. The Morgan fingerprint density at radius 2 is 1.74 bits per heavy atom. The van der Waals surface area contributed by atoms with Crippen LogP contribution in [0, 0.1) is 5.92 Å². The molecular formula is C39H59N5O9. The van der Waals surface area contributed by atoms with Gasteiger partial charge in [0, 0.05) is 32.1 Å². The molecular weight excluding hydrogens is 682 g/mol. The Bertz CT molecular complexity index is 1500. The molecule has 4 amide bonds. The van der Waals surface area contributed by atoms with Crippen molar-refractivity contribution in [2.24, 2.45) is 5.92 Å². The van der Waals surface area contributed by atoms with Crippen molar-refractivity contribution in [3.63, 3.8) is 0 Å². The lowest BCUT2D eigenvalue weighted by Crippen LogP contribution is -2.56. The number of nitrogens with one attached hydrogen (secondary N) is 3. The Morgan fingerprint density at radius 1 is 1.02 bits per heavy atom. The van der Waals surface area contributed by atoms with Gasteiger partial charge in [-0.05, 0) is 76.1 Å². The highest BCUT2D eigenvalue weighted by Crippen LogP contribution is 2.48. The van der Waals surface area contributed by atoms with Gasteiger partial charge in [0.15, 0.2) is 0 Å². The van der Waals surface area contributed by atoms with Crippen LogP contribution in [0.2, 0.25) is 0 Å². The second-order valence-corrected chi connectivity index (χ2v) is 16.1. The second kappa shape index (κ2) is 17.4. The van der Waals surface area contributed by atoms with E-state index in [0.717, 1.165) is 55.5 Å². The molecule has 0 radical (unpaired) electrons. The van der Waals surface area contributed by atoms with Crippen LogP contribution in [0.25, 0.3) is 0 Å². The molecule has 294 valence electrons. The monoisotopic (exact) mass is 741 g/mol. The van der Waals surface area contributed by atoms with Gasteiger partial charge in [0.1, 0.15) is 41.7 Å². The first-order chi connectivity index (χ1) is 25.2. The first kappa shape index (κ1) is 40.1. The molecule has 5 atom stereocenters. The summed E-state index contributed by atoms with van der Waals surface area (Å²) >= 11 is 0. The molecule has 0 spiro atoms. The molecule has 1 aromatic carbocycles. The number of benzene rings is 1. The van der Waals surface area contributed by atoms with Crippen molar-refractivity contribution in [1.82, 2.24) is 25.8 Å². The number of nitrogens with zero attached hydrogens (tertiary/aromatic N) is 2. The zero-order chi connectivity index (χ0) is 38.3. The minimum absolute atomic E-state index is 0.0369. The van der Waals surface area contributed by atoms with E-state index in [1.165, 1.54) is 4.90 Å². The van der Waals surface area contributed by atoms with Crippen LogP contribution in [0.1, 0.15) is 110 Å². The highest BCUT2D eigenvalue weighted by atomic mass is 16.6. The number of alkyl carbamates (subject to hydrolysis) is 1. The molecule has 4 aliphatic rings. The van der Waals surface area contributed by atoms with Crippen LogP contribution >= 0.6 is 0 Å². The van der Waals surface area contributed by atoms with Crippen molar-refractivity contribution >= 4 is 30.0 Å². The number of hydrogen-bond donors (Lipinski definition) is 3. The van der Waals surface area contributed by atoms with E-state index in [-0.39, 0.29) is 25.5 Å². The van der Waals surface area contributed by atoms with Crippen LogP contribution in [0.15, 0.2) is 18.2 Å². The average molecular weight is 742 g/mol. The summed E-state index contributed by atoms with van der Waals surface area (Å²) in [6, 6.07) is 4.15. The molecule has 3 N–H and O–H groups in total. The molecule has 0 aromatic heterocycles. The minimum atomic E-state index is -1.15. The number of hydrogen-bond acceptors (Lipinski definition) is 10. The van der Waals surface area contributed by atoms with Crippen molar-refractivity contribution in [2.75, 3.05) is 26.3 Å². The standard InChI is InChI=1S/C39H59N5O9/c1-7-50-35(47)39-21-28(39)13-11-9-8-10-12-14-31(41-36(48)53-38(4,5)6)34(46)44-24-30(20-32(44)33(45)42-39)52-37(49)43-22-26-15-16-29(19-27(26)23-43)51-18-17-40-25(2)3/h15-16,19,25,28,30-32,40H,7-14,17-18,20-24H2,1-6H3,(H,41,48)(H,42,45)/t28?,30-,31+,32+,39-/m1/s1. The lowest BCUT2D eigenvalue weighted by Gasteiger charge is -2.30. The maximum absolute atomic E-state index is 14.3. The first-order valence-electron chi connectivity index (χ1n) is 19.4. The zero-order valence-corrected chi connectivity index (χ0v) is 32.3. The van der Waals surface area contributed by atoms with Crippen LogP contribution < -0.4 is 20.7 Å². The zero-order valence-electron chi connectivity index (χ0n) is 32.3. The summed E-state index contributed by atoms with van der Waals surface area (Å²) < 4.78 is 22.8. The molecule has 14 nitrogen and oxygen atoms in total. The summed E-state index contributed by atoms with van der Waals surface area (Å²) in [7, 11) is 0. The fourth-order valence-corrected chi connectivity index (χ4v) is 7.57. The van der Waals surface area contributed by atoms with Gasteiger partial charge in [0.05, 0.1) is 13.2 Å². The Labute approximate surface area is 313 Å². The number of carbonyl (C=O) groups is 5. The lowest BCUT2D eigenvalue weighted by molar-refractivity contribution is -0.150. The molecule has 1 aromatic rings. The lowest BCUT2D eigenvalue weighted by atomic mass is 10.0. The van der Waals surface area contributed by atoms with E-state index in [9.17, 15) is 24.0 Å². The summed E-state index contributed by atoms with van der Waals surface area (Å²) in [5.74, 6) is -0.784. The molecule has 14 heteroatoms. The molecule has 3 fully saturated rings. The summed E-state index contributed by atoms with van der Waals surface area (Å²) in [4.78, 5) is 71.2. The van der Waals surface area contributed by atoms with Gasteiger partial charge in [-0.1, -0.05) is 52.0 Å². The van der Waals surface area contributed by atoms with Crippen LogP contribution in [0.3, 0.4) is 0 Å². The molecule has 0 bridgehead atoms. The third-order valence-electron chi connectivity index (χ3n) is 10.3. The van der Waals surface area contributed by atoms with Crippen molar-refractivity contribution in [1.29, 1.82) is 0 Å². The van der Waals surface area contributed by atoms with E-state index in [2.05, 4.69) is 29.8 Å². The van der Waals surface area contributed by atoms with Gasteiger partial charge >= 0.3 is 18.2 Å². The normalized spacial score (nSPS) is 26.3. The Kier molecular flexibility index (Phi) is 13.2. The fourth-order valence-electron chi connectivity index (χ4n) is 7.57. The van der Waals surface area contributed by atoms with Crippen LogP contribution in [-0.2, 0) is 41.7 Å². The fraction of sp³-hybridized carbons (Fsp3) is 0.718. The number of amides is 4. The number of fused-ring (bicyclic) bond motifs is 3. The van der Waals surface area contributed by atoms with E-state index < -0.39 is 59.3 Å². The van der Waals surface area contributed by atoms with Gasteiger partial charge < -0.3 is 39.8 Å². The van der Waals surface area contributed by atoms with E-state index in [4.69, 9.17) is 18.9 Å². The molecule has 1 saturated carbocycles. The average Bonchev–Trinajstić information content (AvgIpc) is 3.39. The molecule has 5 rings (SSSR count). The van der Waals surface area contributed by atoms with Crippen molar-refractivity contribution in [3.8, 4) is 5.75 Å². The summed E-state index contributed by atoms with van der Waals surface area (Å²) in [5, 5.41) is 9.06. The SMILES string of the molecule is CCOC(=O)[C@@]12CC1CCCCCCC[C@H](NC(=O)OC(C)(C)C)C(=O)N1C[C@H](OC(=O)N3Cc4ccc(OCCNC(C)C)cc4C3)C[C@H]1C(=O)N2. The number of carbonyl (C=O) groups excluding carboxylic acids is 5. The van der Waals surface area contributed by atoms with Crippen LogP contribution in [0.5, 0.6) is 5.75 Å².